The Bertz CT molecular complexity index is 883. The van der Waals surface area contributed by atoms with Crippen molar-refractivity contribution in [1.82, 2.24) is 10.2 Å². The third kappa shape index (κ3) is 4.93. The van der Waals surface area contributed by atoms with Gasteiger partial charge in [0, 0.05) is 16.3 Å². The molecule has 134 valence electrons. The number of ether oxygens (including phenoxy) is 1. The number of anilines is 2. The van der Waals surface area contributed by atoms with Crippen LogP contribution in [-0.2, 0) is 0 Å². The van der Waals surface area contributed by atoms with Gasteiger partial charge in [-0.25, -0.2) is 4.79 Å². The Labute approximate surface area is 160 Å². The van der Waals surface area contributed by atoms with E-state index < -0.39 is 6.03 Å². The molecule has 1 aromatic heterocycles. The van der Waals surface area contributed by atoms with Crippen molar-refractivity contribution in [2.75, 3.05) is 17.2 Å². The number of halogens is 1. The van der Waals surface area contributed by atoms with Gasteiger partial charge in [-0.15, -0.1) is 10.2 Å². The lowest BCUT2D eigenvalue weighted by molar-refractivity contribution is 0.262. The van der Waals surface area contributed by atoms with Crippen molar-refractivity contribution >= 4 is 39.8 Å². The van der Waals surface area contributed by atoms with Crippen molar-refractivity contribution < 1.29 is 9.53 Å². The third-order valence-electron chi connectivity index (χ3n) is 3.30. The molecule has 3 aromatic rings. The van der Waals surface area contributed by atoms with Gasteiger partial charge < -0.3 is 10.1 Å². The van der Waals surface area contributed by atoms with Crippen LogP contribution >= 0.6 is 22.9 Å². The van der Waals surface area contributed by atoms with Gasteiger partial charge in [-0.2, -0.15) is 0 Å². The van der Waals surface area contributed by atoms with Crippen LogP contribution in [0.4, 0.5) is 15.6 Å². The van der Waals surface area contributed by atoms with E-state index in [4.69, 9.17) is 16.3 Å². The summed E-state index contributed by atoms with van der Waals surface area (Å²) in [5.74, 6) is 0.787. The first-order chi connectivity index (χ1) is 12.6. The predicted molar refractivity (Wildman–Crippen MR) is 105 cm³/mol. The van der Waals surface area contributed by atoms with Gasteiger partial charge in [0.15, 0.2) is 0 Å². The molecular weight excluding hydrogens is 372 g/mol. The number of amides is 2. The molecule has 0 aliphatic rings. The maximum Gasteiger partial charge on any atom is 0.325 e. The van der Waals surface area contributed by atoms with Gasteiger partial charge in [-0.05, 0) is 42.8 Å². The Hall–Kier alpha value is -2.64. The first-order valence-electron chi connectivity index (χ1n) is 8.04. The molecule has 0 radical (unpaired) electrons. The molecule has 1 heterocycles. The van der Waals surface area contributed by atoms with E-state index in [-0.39, 0.29) is 0 Å². The molecule has 0 unspecified atom stereocenters. The summed E-state index contributed by atoms with van der Waals surface area (Å²) in [6, 6.07) is 14.1. The molecule has 0 saturated carbocycles. The zero-order valence-corrected chi connectivity index (χ0v) is 15.6. The maximum absolute atomic E-state index is 12.0. The number of carbonyl (C=O) groups is 1. The number of aromatic nitrogens is 2. The van der Waals surface area contributed by atoms with Gasteiger partial charge in [0.1, 0.15) is 10.8 Å². The second kappa shape index (κ2) is 8.64. The summed E-state index contributed by atoms with van der Waals surface area (Å²) in [4.78, 5) is 12.0. The molecule has 6 nitrogen and oxygen atoms in total. The minimum Gasteiger partial charge on any atom is -0.494 e. The first kappa shape index (κ1) is 18.2. The first-order valence-corrected chi connectivity index (χ1v) is 9.24. The van der Waals surface area contributed by atoms with Crippen molar-refractivity contribution in [3.05, 3.63) is 53.6 Å². The standard InChI is InChI=1S/C18H17ClN4O2S/c1-2-10-25-15-5-3-4-12(11-15)16-22-23-18(26-16)21-17(24)20-14-8-6-13(19)7-9-14/h3-9,11H,2,10H2,1H3,(H2,20,21,23,24). The number of rotatable bonds is 6. The second-order valence-electron chi connectivity index (χ2n) is 5.37. The molecule has 0 saturated heterocycles. The highest BCUT2D eigenvalue weighted by Crippen LogP contribution is 2.29. The van der Waals surface area contributed by atoms with E-state index in [9.17, 15) is 4.79 Å². The Morgan fingerprint density at radius 1 is 1.15 bits per heavy atom. The van der Waals surface area contributed by atoms with E-state index in [0.29, 0.717) is 27.5 Å². The molecule has 2 aromatic carbocycles. The topological polar surface area (TPSA) is 76.1 Å². The zero-order chi connectivity index (χ0) is 18.4. The van der Waals surface area contributed by atoms with Crippen LogP contribution in [0.25, 0.3) is 10.6 Å². The number of hydrogen-bond acceptors (Lipinski definition) is 5. The quantitative estimate of drug-likeness (QED) is 0.601. The summed E-state index contributed by atoms with van der Waals surface area (Å²) in [5.41, 5.74) is 1.53. The maximum atomic E-state index is 12.0. The van der Waals surface area contributed by atoms with Gasteiger partial charge in [0.2, 0.25) is 5.13 Å². The fourth-order valence-corrected chi connectivity index (χ4v) is 2.98. The van der Waals surface area contributed by atoms with Crippen molar-refractivity contribution in [3.63, 3.8) is 0 Å². The van der Waals surface area contributed by atoms with Crippen LogP contribution in [0.1, 0.15) is 13.3 Å². The molecule has 0 fully saturated rings. The summed E-state index contributed by atoms with van der Waals surface area (Å²) in [5, 5.41) is 15.2. The SMILES string of the molecule is CCCOc1cccc(-c2nnc(NC(=O)Nc3ccc(Cl)cc3)s2)c1. The molecule has 3 rings (SSSR count). The van der Waals surface area contributed by atoms with Crippen molar-refractivity contribution in [3.8, 4) is 16.3 Å². The Balaban J connectivity index is 1.64. The minimum absolute atomic E-state index is 0.393. The highest BCUT2D eigenvalue weighted by Gasteiger charge is 2.10. The molecule has 8 heteroatoms. The molecular formula is C18H17ClN4O2S. The van der Waals surface area contributed by atoms with Crippen LogP contribution in [-0.4, -0.2) is 22.8 Å². The number of urea groups is 1. The summed E-state index contributed by atoms with van der Waals surface area (Å²) in [6.45, 7) is 2.72. The third-order valence-corrected chi connectivity index (χ3v) is 4.44. The number of nitrogens with zero attached hydrogens (tertiary/aromatic N) is 2. The van der Waals surface area contributed by atoms with Gasteiger partial charge in [-0.1, -0.05) is 42.0 Å². The lowest BCUT2D eigenvalue weighted by Gasteiger charge is -2.05. The highest BCUT2D eigenvalue weighted by atomic mass is 35.5. The van der Waals surface area contributed by atoms with E-state index in [1.807, 2.05) is 24.3 Å². The lowest BCUT2D eigenvalue weighted by Crippen LogP contribution is -2.19. The number of hydrogen-bond donors (Lipinski definition) is 2. The number of nitrogens with one attached hydrogen (secondary N) is 2. The van der Waals surface area contributed by atoms with Crippen LogP contribution < -0.4 is 15.4 Å². The Morgan fingerprint density at radius 3 is 2.73 bits per heavy atom. The van der Waals surface area contributed by atoms with Crippen molar-refractivity contribution in [2.45, 2.75) is 13.3 Å². The number of carbonyl (C=O) groups excluding carboxylic acids is 1. The molecule has 0 aliphatic heterocycles. The molecule has 2 amide bonds. The van der Waals surface area contributed by atoms with Gasteiger partial charge in [0.25, 0.3) is 0 Å². The lowest BCUT2D eigenvalue weighted by atomic mass is 10.2. The van der Waals surface area contributed by atoms with Gasteiger partial charge in [0.05, 0.1) is 6.61 Å². The molecule has 0 atom stereocenters. The van der Waals surface area contributed by atoms with Crippen LogP contribution in [0.3, 0.4) is 0 Å². The number of benzene rings is 2. The van der Waals surface area contributed by atoms with Crippen LogP contribution in [0.2, 0.25) is 5.02 Å². The molecule has 0 aliphatic carbocycles. The van der Waals surface area contributed by atoms with E-state index in [0.717, 1.165) is 17.7 Å². The van der Waals surface area contributed by atoms with Crippen LogP contribution in [0.15, 0.2) is 48.5 Å². The Kier molecular flexibility index (Phi) is 6.04. The zero-order valence-electron chi connectivity index (χ0n) is 14.0. The van der Waals surface area contributed by atoms with E-state index in [2.05, 4.69) is 27.8 Å². The summed E-state index contributed by atoms with van der Waals surface area (Å²) in [7, 11) is 0. The largest absolute Gasteiger partial charge is 0.494 e. The van der Waals surface area contributed by atoms with Gasteiger partial charge in [-0.3, -0.25) is 5.32 Å². The van der Waals surface area contributed by atoms with E-state index in [1.165, 1.54) is 11.3 Å². The second-order valence-corrected chi connectivity index (χ2v) is 6.79. The van der Waals surface area contributed by atoms with Crippen molar-refractivity contribution in [1.29, 1.82) is 0 Å². The van der Waals surface area contributed by atoms with Crippen LogP contribution in [0, 0.1) is 0 Å². The molecule has 2 N–H and O–H groups in total. The summed E-state index contributed by atoms with van der Waals surface area (Å²) < 4.78 is 5.63. The average molecular weight is 389 g/mol. The summed E-state index contributed by atoms with van der Waals surface area (Å²) in [6.07, 6.45) is 0.944. The fourth-order valence-electron chi connectivity index (χ4n) is 2.12. The minimum atomic E-state index is -0.393. The molecule has 26 heavy (non-hydrogen) atoms. The average Bonchev–Trinajstić information content (AvgIpc) is 3.10. The van der Waals surface area contributed by atoms with Crippen LogP contribution in [0.5, 0.6) is 5.75 Å². The fraction of sp³-hybridized carbons (Fsp3) is 0.167. The molecule has 0 bridgehead atoms. The van der Waals surface area contributed by atoms with Crippen molar-refractivity contribution in [2.24, 2.45) is 0 Å². The highest BCUT2D eigenvalue weighted by molar-refractivity contribution is 7.18. The van der Waals surface area contributed by atoms with Gasteiger partial charge >= 0.3 is 6.03 Å². The normalized spacial score (nSPS) is 10.4. The van der Waals surface area contributed by atoms with E-state index in [1.54, 1.807) is 24.3 Å². The smallest absolute Gasteiger partial charge is 0.325 e. The van der Waals surface area contributed by atoms with E-state index >= 15 is 0 Å². The summed E-state index contributed by atoms with van der Waals surface area (Å²) >= 11 is 7.11. The monoisotopic (exact) mass is 388 g/mol. The predicted octanol–water partition coefficient (Wildman–Crippen LogP) is 5.29. The Morgan fingerprint density at radius 2 is 1.96 bits per heavy atom. The molecule has 0 spiro atoms.